The van der Waals surface area contributed by atoms with Crippen LogP contribution in [0.5, 0.6) is 11.6 Å². The fourth-order valence-corrected chi connectivity index (χ4v) is 3.63. The third-order valence-corrected chi connectivity index (χ3v) is 5.14. The molecule has 0 saturated carbocycles. The first-order valence-electron chi connectivity index (χ1n) is 9.36. The predicted molar refractivity (Wildman–Crippen MR) is 105 cm³/mol. The van der Waals surface area contributed by atoms with E-state index in [1.807, 2.05) is 0 Å². The van der Waals surface area contributed by atoms with Gasteiger partial charge in [-0.3, -0.25) is 0 Å². The number of benzene rings is 1. The Labute approximate surface area is 170 Å². The number of aryl methyl sites for hydroxylation is 2. The van der Waals surface area contributed by atoms with Crippen molar-refractivity contribution in [3.8, 4) is 23.0 Å². The lowest BCUT2D eigenvalue weighted by atomic mass is 10.0. The summed E-state index contributed by atoms with van der Waals surface area (Å²) >= 11 is 0. The van der Waals surface area contributed by atoms with Gasteiger partial charge in [-0.25, -0.2) is 9.97 Å². The molecule has 1 fully saturated rings. The molecule has 1 aliphatic heterocycles. The number of ether oxygens (including phenoxy) is 1. The number of phenolic OH excluding ortho intramolecular Hbond substituents is 1. The smallest absolute Gasteiger partial charge is 0.416 e. The van der Waals surface area contributed by atoms with Gasteiger partial charge in [0, 0.05) is 19.6 Å². The molecule has 0 aliphatic carbocycles. The van der Waals surface area contributed by atoms with Gasteiger partial charge in [0.1, 0.15) is 11.6 Å². The number of nitrogens with zero attached hydrogens (tertiary/aromatic N) is 4. The molecule has 0 radical (unpaired) electrons. The second kappa shape index (κ2) is 7.31. The molecule has 30 heavy (non-hydrogen) atoms. The van der Waals surface area contributed by atoms with Gasteiger partial charge in [0.05, 0.1) is 18.2 Å². The maximum absolute atomic E-state index is 13.0. The highest BCUT2D eigenvalue weighted by Crippen LogP contribution is 2.39. The average molecular weight is 422 g/mol. The van der Waals surface area contributed by atoms with E-state index in [4.69, 9.17) is 4.74 Å². The Balaban J connectivity index is 1.82. The lowest BCUT2D eigenvalue weighted by Crippen LogP contribution is -2.23. The van der Waals surface area contributed by atoms with Crippen molar-refractivity contribution in [2.24, 2.45) is 7.05 Å². The monoisotopic (exact) mass is 422 g/mol. The number of rotatable bonds is 4. The van der Waals surface area contributed by atoms with Crippen molar-refractivity contribution in [1.82, 2.24) is 24.8 Å². The van der Waals surface area contributed by atoms with E-state index >= 15 is 0 Å². The number of hydrogen-bond donors (Lipinski definition) is 3. The molecule has 1 atom stereocenters. The molecule has 0 bridgehead atoms. The fraction of sp³-hybridized carbons (Fsp3) is 0.421. The number of phenols is 1. The lowest BCUT2D eigenvalue weighted by molar-refractivity contribution is -0.137. The Kier molecular flexibility index (Phi) is 4.92. The van der Waals surface area contributed by atoms with E-state index in [1.165, 1.54) is 14.0 Å². The summed E-state index contributed by atoms with van der Waals surface area (Å²) in [4.78, 5) is 13.4. The molecule has 1 aromatic carbocycles. The second-order valence-corrected chi connectivity index (χ2v) is 7.24. The van der Waals surface area contributed by atoms with E-state index in [0.717, 1.165) is 25.6 Å². The number of aromatic nitrogens is 4. The SMILES string of the molecule is COc1nc2c(nc1N[C@@H]1CCNC1)nc(-c1c(C)cc(C(F)(F)F)cc1O)n2C. The summed E-state index contributed by atoms with van der Waals surface area (Å²) in [6.45, 7) is 3.18. The molecule has 1 aliphatic rings. The Hall–Kier alpha value is -3.08. The van der Waals surface area contributed by atoms with Crippen LogP contribution in [-0.2, 0) is 13.2 Å². The molecule has 11 heteroatoms. The predicted octanol–water partition coefficient (Wildman–Crippen LogP) is 2.85. The van der Waals surface area contributed by atoms with Crippen molar-refractivity contribution in [2.75, 3.05) is 25.5 Å². The number of methoxy groups -OCH3 is 1. The Morgan fingerprint density at radius 3 is 2.63 bits per heavy atom. The van der Waals surface area contributed by atoms with Crippen molar-refractivity contribution < 1.29 is 23.0 Å². The standard InChI is InChI=1S/C19H21F3N6O2/c1-9-6-10(19(20,21)22)7-12(29)13(9)16-26-14-17(28(16)2)27-18(30-3)15(25-14)24-11-4-5-23-8-11/h6-7,11,23,29H,4-5,8H2,1-3H3,(H,24,25)/t11-/m1/s1. The minimum absolute atomic E-state index is 0.176. The average Bonchev–Trinajstić information content (AvgIpc) is 3.28. The molecular weight excluding hydrogens is 401 g/mol. The van der Waals surface area contributed by atoms with Gasteiger partial charge in [-0.1, -0.05) is 0 Å². The molecule has 0 unspecified atom stereocenters. The molecule has 3 N–H and O–H groups in total. The number of fused-ring (bicyclic) bond motifs is 1. The van der Waals surface area contributed by atoms with Crippen LogP contribution in [0.15, 0.2) is 12.1 Å². The summed E-state index contributed by atoms with van der Waals surface area (Å²) in [6.07, 6.45) is -3.63. The number of imidazole rings is 1. The van der Waals surface area contributed by atoms with Crippen LogP contribution >= 0.6 is 0 Å². The zero-order chi connectivity index (χ0) is 21.6. The highest BCUT2D eigenvalue weighted by Gasteiger charge is 2.32. The highest BCUT2D eigenvalue weighted by atomic mass is 19.4. The van der Waals surface area contributed by atoms with Crippen LogP contribution in [0, 0.1) is 6.92 Å². The van der Waals surface area contributed by atoms with Crippen LogP contribution in [-0.4, -0.2) is 50.9 Å². The number of aromatic hydroxyl groups is 1. The third-order valence-electron chi connectivity index (χ3n) is 5.14. The number of nitrogens with one attached hydrogen (secondary N) is 2. The van der Waals surface area contributed by atoms with Crippen molar-refractivity contribution in [1.29, 1.82) is 0 Å². The lowest BCUT2D eigenvalue weighted by Gasteiger charge is -2.14. The Morgan fingerprint density at radius 2 is 2.03 bits per heavy atom. The first-order chi connectivity index (χ1) is 14.2. The van der Waals surface area contributed by atoms with E-state index in [2.05, 4.69) is 25.6 Å². The largest absolute Gasteiger partial charge is 0.507 e. The Bertz CT molecular complexity index is 1080. The van der Waals surface area contributed by atoms with E-state index in [1.54, 1.807) is 11.6 Å². The molecular formula is C19H21F3N6O2. The summed E-state index contributed by atoms with van der Waals surface area (Å²) in [6, 6.07) is 1.86. The van der Waals surface area contributed by atoms with E-state index in [-0.39, 0.29) is 28.9 Å². The maximum atomic E-state index is 13.0. The van der Waals surface area contributed by atoms with Gasteiger partial charge < -0.3 is 25.0 Å². The highest BCUT2D eigenvalue weighted by molar-refractivity contribution is 5.80. The van der Waals surface area contributed by atoms with Crippen LogP contribution in [0.4, 0.5) is 19.0 Å². The van der Waals surface area contributed by atoms with E-state index in [0.29, 0.717) is 23.2 Å². The van der Waals surface area contributed by atoms with E-state index in [9.17, 15) is 18.3 Å². The van der Waals surface area contributed by atoms with Crippen molar-refractivity contribution >= 4 is 17.1 Å². The normalized spacial score (nSPS) is 16.9. The van der Waals surface area contributed by atoms with Gasteiger partial charge in [0.25, 0.3) is 5.88 Å². The summed E-state index contributed by atoms with van der Waals surface area (Å²) in [5.41, 5.74) is 0.188. The number of hydrogen-bond acceptors (Lipinski definition) is 7. The quantitative estimate of drug-likeness (QED) is 0.595. The molecule has 4 rings (SSSR count). The second-order valence-electron chi connectivity index (χ2n) is 7.24. The Morgan fingerprint density at radius 1 is 1.27 bits per heavy atom. The van der Waals surface area contributed by atoms with Gasteiger partial charge in [-0.2, -0.15) is 18.2 Å². The number of anilines is 1. The minimum Gasteiger partial charge on any atom is -0.507 e. The molecule has 1 saturated heterocycles. The summed E-state index contributed by atoms with van der Waals surface area (Å²) in [5, 5.41) is 16.9. The van der Waals surface area contributed by atoms with Gasteiger partial charge in [0.15, 0.2) is 17.1 Å². The van der Waals surface area contributed by atoms with Crippen molar-refractivity contribution in [2.45, 2.75) is 25.6 Å². The van der Waals surface area contributed by atoms with Gasteiger partial charge >= 0.3 is 6.18 Å². The summed E-state index contributed by atoms with van der Waals surface area (Å²) < 4.78 is 46.1. The molecule has 0 amide bonds. The first kappa shape index (κ1) is 20.2. The summed E-state index contributed by atoms with van der Waals surface area (Å²) in [7, 11) is 3.14. The van der Waals surface area contributed by atoms with Crippen LogP contribution in [0.1, 0.15) is 17.5 Å². The number of halogens is 3. The number of alkyl halides is 3. The topological polar surface area (TPSA) is 97.1 Å². The molecule has 3 heterocycles. The zero-order valence-electron chi connectivity index (χ0n) is 16.6. The molecule has 160 valence electrons. The molecule has 3 aromatic rings. The van der Waals surface area contributed by atoms with Crippen LogP contribution < -0.4 is 15.4 Å². The van der Waals surface area contributed by atoms with Crippen LogP contribution in [0.3, 0.4) is 0 Å². The molecule has 0 spiro atoms. The molecule has 2 aromatic heterocycles. The van der Waals surface area contributed by atoms with E-state index < -0.39 is 17.5 Å². The van der Waals surface area contributed by atoms with Crippen LogP contribution in [0.25, 0.3) is 22.7 Å². The van der Waals surface area contributed by atoms with Crippen molar-refractivity contribution in [3.63, 3.8) is 0 Å². The zero-order valence-corrected chi connectivity index (χ0v) is 16.6. The third kappa shape index (κ3) is 3.49. The van der Waals surface area contributed by atoms with Crippen LogP contribution in [0.2, 0.25) is 0 Å². The van der Waals surface area contributed by atoms with Gasteiger partial charge in [-0.15, -0.1) is 0 Å². The first-order valence-corrected chi connectivity index (χ1v) is 9.36. The minimum atomic E-state index is -4.56. The van der Waals surface area contributed by atoms with Gasteiger partial charge in [-0.05, 0) is 37.6 Å². The fourth-order valence-electron chi connectivity index (χ4n) is 3.63. The maximum Gasteiger partial charge on any atom is 0.416 e. The van der Waals surface area contributed by atoms with Crippen molar-refractivity contribution in [3.05, 3.63) is 23.3 Å². The van der Waals surface area contributed by atoms with Gasteiger partial charge in [0.2, 0.25) is 0 Å². The summed E-state index contributed by atoms with van der Waals surface area (Å²) in [5.74, 6) is 0.479. The molecule has 8 nitrogen and oxygen atoms in total.